The van der Waals surface area contributed by atoms with Crippen LogP contribution in [0.4, 0.5) is 0 Å². The SMILES string of the molecule is Cc1cc(CC(=O)[C@@]2(NC(=O)c3ccc(Br)s3)CCOC2)ccc1C(=O)N1CCCC1.Cc1cc(CC(=O)[C@]2(NC(=O)c3ccc(Br)s3)CCOC2)ccc1C(=O)N1CCCC1. The Morgan fingerprint density at radius 3 is 1.29 bits per heavy atom. The second-order valence-electron chi connectivity index (χ2n) is 16.4. The highest BCUT2D eigenvalue weighted by atomic mass is 79.9. The number of hydrogen-bond donors (Lipinski definition) is 2. The highest BCUT2D eigenvalue weighted by molar-refractivity contribution is 9.11. The van der Waals surface area contributed by atoms with Crippen LogP contribution >= 0.6 is 54.5 Å². The zero-order valence-corrected chi connectivity index (χ0v) is 39.6. The molecule has 4 amide bonds. The van der Waals surface area contributed by atoms with Gasteiger partial charge in [-0.05, 0) is 130 Å². The molecule has 0 saturated carbocycles. The molecule has 2 aromatic carbocycles. The third kappa shape index (κ3) is 10.6. The van der Waals surface area contributed by atoms with Crippen LogP contribution in [0.5, 0.6) is 0 Å². The van der Waals surface area contributed by atoms with Crippen molar-refractivity contribution in [3.63, 3.8) is 0 Å². The standard InChI is InChI=1S/2C23H25BrN2O4S/c2*1-15-12-16(4-5-17(15)22(29)26-9-2-3-10-26)13-19(27)23(8-11-30-14-23)25-21(28)18-6-7-20(24)31-18/h2*4-7,12H,2-3,8-11,13-14H2,1H3,(H,25,28)/t2*23-/m10/s1. The Labute approximate surface area is 386 Å². The number of Topliss-reactive ketones (excluding diaryl/α,β-unsaturated/α-hetero) is 2. The van der Waals surface area contributed by atoms with E-state index in [-0.39, 0.29) is 61.3 Å². The molecule has 0 bridgehead atoms. The van der Waals surface area contributed by atoms with Gasteiger partial charge in [0, 0.05) is 76.2 Å². The average molecular weight is 1010 g/mol. The Hall–Kier alpha value is -4.06. The van der Waals surface area contributed by atoms with Gasteiger partial charge in [0.05, 0.1) is 30.5 Å². The molecule has 6 heterocycles. The van der Waals surface area contributed by atoms with Crippen molar-refractivity contribution >= 4 is 89.7 Å². The number of carbonyl (C=O) groups is 6. The molecule has 2 N–H and O–H groups in total. The lowest BCUT2D eigenvalue weighted by molar-refractivity contribution is -0.125. The number of ether oxygens (including phenoxy) is 2. The van der Waals surface area contributed by atoms with Crippen molar-refractivity contribution in [2.24, 2.45) is 0 Å². The van der Waals surface area contributed by atoms with Crippen molar-refractivity contribution in [3.05, 3.63) is 111 Å². The first kappa shape index (κ1) is 45.9. The van der Waals surface area contributed by atoms with Crippen molar-refractivity contribution in [2.75, 3.05) is 52.6 Å². The smallest absolute Gasteiger partial charge is 0.262 e. The number of ketones is 2. The first-order valence-electron chi connectivity index (χ1n) is 20.9. The molecule has 2 atom stereocenters. The molecule has 0 unspecified atom stereocenters. The number of halogens is 2. The Morgan fingerprint density at radius 1 is 0.597 bits per heavy atom. The number of benzene rings is 2. The molecule has 62 heavy (non-hydrogen) atoms. The molecule has 8 rings (SSSR count). The molecule has 328 valence electrons. The van der Waals surface area contributed by atoms with Crippen molar-refractivity contribution in [1.29, 1.82) is 0 Å². The van der Waals surface area contributed by atoms with E-state index in [1.807, 2.05) is 72.2 Å². The number of nitrogens with one attached hydrogen (secondary N) is 2. The molecule has 4 aliphatic rings. The number of rotatable bonds is 12. The van der Waals surface area contributed by atoms with E-state index in [2.05, 4.69) is 42.5 Å². The number of hydrogen-bond acceptors (Lipinski definition) is 10. The fourth-order valence-electron chi connectivity index (χ4n) is 8.38. The Balaban J connectivity index is 0.000000186. The quantitative estimate of drug-likeness (QED) is 0.148. The van der Waals surface area contributed by atoms with Crippen molar-refractivity contribution in [3.8, 4) is 0 Å². The first-order chi connectivity index (χ1) is 29.8. The molecule has 4 saturated heterocycles. The van der Waals surface area contributed by atoms with Gasteiger partial charge in [-0.3, -0.25) is 28.8 Å². The summed E-state index contributed by atoms with van der Waals surface area (Å²) in [6.45, 7) is 8.25. The maximum absolute atomic E-state index is 13.3. The van der Waals surface area contributed by atoms with Crippen LogP contribution in [0.2, 0.25) is 0 Å². The molecule has 0 radical (unpaired) electrons. The van der Waals surface area contributed by atoms with Gasteiger partial charge in [-0.15, -0.1) is 22.7 Å². The van der Waals surface area contributed by atoms with Gasteiger partial charge in [0.15, 0.2) is 11.6 Å². The minimum atomic E-state index is -1.02. The van der Waals surface area contributed by atoms with E-state index in [9.17, 15) is 28.8 Å². The summed E-state index contributed by atoms with van der Waals surface area (Å²) in [5.74, 6) is -0.570. The second kappa shape index (κ2) is 20.2. The summed E-state index contributed by atoms with van der Waals surface area (Å²) in [7, 11) is 0. The molecule has 12 nitrogen and oxygen atoms in total. The van der Waals surface area contributed by atoms with Gasteiger partial charge < -0.3 is 29.9 Å². The van der Waals surface area contributed by atoms with Crippen LogP contribution < -0.4 is 10.6 Å². The molecular formula is C46H50Br2N4O8S2. The van der Waals surface area contributed by atoms with E-state index in [1.165, 1.54) is 22.7 Å². The molecule has 4 fully saturated rings. The molecule has 0 spiro atoms. The summed E-state index contributed by atoms with van der Waals surface area (Å²) in [4.78, 5) is 82.2. The van der Waals surface area contributed by atoms with Crippen LogP contribution in [0, 0.1) is 13.8 Å². The van der Waals surface area contributed by atoms with Gasteiger partial charge >= 0.3 is 0 Å². The number of aryl methyl sites for hydroxylation is 2. The third-order valence-electron chi connectivity index (χ3n) is 12.0. The summed E-state index contributed by atoms with van der Waals surface area (Å²) in [5, 5.41) is 5.88. The summed E-state index contributed by atoms with van der Waals surface area (Å²) >= 11 is 9.38. The molecule has 16 heteroatoms. The van der Waals surface area contributed by atoms with Gasteiger partial charge in [-0.2, -0.15) is 0 Å². The van der Waals surface area contributed by atoms with Crippen LogP contribution in [0.3, 0.4) is 0 Å². The van der Waals surface area contributed by atoms with Gasteiger partial charge in [0.2, 0.25) is 0 Å². The number of amides is 4. The summed E-state index contributed by atoms with van der Waals surface area (Å²) in [6, 6.07) is 18.2. The second-order valence-corrected chi connectivity index (χ2v) is 21.3. The lowest BCUT2D eigenvalue weighted by atomic mass is 9.88. The fourth-order valence-corrected chi connectivity index (χ4v) is 10.9. The Bertz CT molecular complexity index is 2180. The third-order valence-corrected chi connectivity index (χ3v) is 15.2. The van der Waals surface area contributed by atoms with E-state index in [4.69, 9.17) is 9.47 Å². The minimum absolute atomic E-state index is 0.0583. The molecule has 2 aromatic heterocycles. The van der Waals surface area contributed by atoms with Crippen LogP contribution in [0.25, 0.3) is 0 Å². The summed E-state index contributed by atoms with van der Waals surface area (Å²) < 4.78 is 12.7. The summed E-state index contributed by atoms with van der Waals surface area (Å²) in [6.07, 6.45) is 5.47. The first-order valence-corrected chi connectivity index (χ1v) is 24.1. The van der Waals surface area contributed by atoms with Gasteiger partial charge in [0.1, 0.15) is 11.1 Å². The van der Waals surface area contributed by atoms with Crippen LogP contribution in [-0.2, 0) is 31.9 Å². The van der Waals surface area contributed by atoms with Gasteiger partial charge in [-0.25, -0.2) is 0 Å². The molecule has 0 aliphatic carbocycles. The number of carbonyl (C=O) groups excluding carboxylic acids is 6. The maximum atomic E-state index is 13.3. The molecule has 4 aromatic rings. The number of likely N-dealkylation sites (tertiary alicyclic amines) is 2. The number of thiophene rings is 2. The van der Waals surface area contributed by atoms with Gasteiger partial charge in [0.25, 0.3) is 23.6 Å². The predicted octanol–water partition coefficient (Wildman–Crippen LogP) is 7.51. The van der Waals surface area contributed by atoms with E-state index >= 15 is 0 Å². The predicted molar refractivity (Wildman–Crippen MR) is 245 cm³/mol. The highest BCUT2D eigenvalue weighted by Gasteiger charge is 2.44. The molecule has 4 aliphatic heterocycles. The highest BCUT2D eigenvalue weighted by Crippen LogP contribution is 2.29. The zero-order valence-electron chi connectivity index (χ0n) is 34.8. The van der Waals surface area contributed by atoms with E-state index in [0.717, 1.165) is 81.7 Å². The topological polar surface area (TPSA) is 151 Å². The van der Waals surface area contributed by atoms with Crippen LogP contribution in [-0.4, -0.2) is 109 Å². The lowest BCUT2D eigenvalue weighted by Crippen LogP contribution is -2.55. The maximum Gasteiger partial charge on any atom is 0.262 e. The monoisotopic (exact) mass is 1010 g/mol. The van der Waals surface area contributed by atoms with E-state index in [1.54, 1.807) is 12.1 Å². The molecular weight excluding hydrogens is 960 g/mol. The lowest BCUT2D eigenvalue weighted by Gasteiger charge is -2.27. The number of nitrogens with zero attached hydrogens (tertiary/aromatic N) is 2. The van der Waals surface area contributed by atoms with Crippen LogP contribution in [0.1, 0.15) is 101 Å². The van der Waals surface area contributed by atoms with Crippen molar-refractivity contribution < 1.29 is 38.2 Å². The Morgan fingerprint density at radius 2 is 0.984 bits per heavy atom. The normalized spacial score (nSPS) is 20.8. The zero-order chi connectivity index (χ0) is 44.0. The van der Waals surface area contributed by atoms with E-state index < -0.39 is 11.1 Å². The van der Waals surface area contributed by atoms with E-state index in [0.29, 0.717) is 46.9 Å². The minimum Gasteiger partial charge on any atom is -0.378 e. The fraction of sp³-hybridized carbons (Fsp3) is 0.435. The summed E-state index contributed by atoms with van der Waals surface area (Å²) in [5.41, 5.74) is 2.73. The Kier molecular flexibility index (Phi) is 15.0. The van der Waals surface area contributed by atoms with Crippen LogP contribution in [0.15, 0.2) is 68.2 Å². The largest absolute Gasteiger partial charge is 0.378 e. The average Bonchev–Trinajstić information content (AvgIpc) is 4.10. The van der Waals surface area contributed by atoms with Crippen molar-refractivity contribution in [2.45, 2.75) is 76.3 Å². The van der Waals surface area contributed by atoms with Gasteiger partial charge in [-0.1, -0.05) is 24.3 Å². The van der Waals surface area contributed by atoms with Crippen molar-refractivity contribution in [1.82, 2.24) is 20.4 Å².